The van der Waals surface area contributed by atoms with Crippen molar-refractivity contribution in [3.63, 3.8) is 0 Å². The zero-order chi connectivity index (χ0) is 9.42. The SMILES string of the molecule is O=c1cc2ccc(F)cc2c(O)[nH]1. The Balaban J connectivity index is 2.95. The smallest absolute Gasteiger partial charge is 0.251 e. The molecule has 1 heterocycles. The third-order valence-electron chi connectivity index (χ3n) is 1.80. The van der Waals surface area contributed by atoms with Crippen LogP contribution in [0.25, 0.3) is 10.8 Å². The number of rotatable bonds is 0. The van der Waals surface area contributed by atoms with Gasteiger partial charge in [-0.25, -0.2) is 4.39 Å². The first kappa shape index (κ1) is 7.79. The fraction of sp³-hybridized carbons (Fsp3) is 0. The third-order valence-corrected chi connectivity index (χ3v) is 1.80. The van der Waals surface area contributed by atoms with Crippen molar-refractivity contribution in [3.8, 4) is 5.88 Å². The van der Waals surface area contributed by atoms with Crippen LogP contribution in [0.3, 0.4) is 0 Å². The summed E-state index contributed by atoms with van der Waals surface area (Å²) < 4.78 is 12.7. The third kappa shape index (κ3) is 1.26. The van der Waals surface area contributed by atoms with Gasteiger partial charge >= 0.3 is 0 Å². The Morgan fingerprint density at radius 2 is 2.08 bits per heavy atom. The lowest BCUT2D eigenvalue weighted by atomic mass is 10.2. The second-order valence-electron chi connectivity index (χ2n) is 2.71. The van der Waals surface area contributed by atoms with Crippen LogP contribution in [-0.2, 0) is 0 Å². The highest BCUT2D eigenvalue weighted by molar-refractivity contribution is 5.86. The first-order chi connectivity index (χ1) is 6.16. The first-order valence-electron chi connectivity index (χ1n) is 3.68. The summed E-state index contributed by atoms with van der Waals surface area (Å²) in [5, 5.41) is 10.1. The molecule has 0 saturated carbocycles. The number of aromatic hydroxyl groups is 1. The highest BCUT2D eigenvalue weighted by Crippen LogP contribution is 2.20. The van der Waals surface area contributed by atoms with E-state index < -0.39 is 11.4 Å². The van der Waals surface area contributed by atoms with Crippen molar-refractivity contribution in [1.82, 2.24) is 4.98 Å². The molecule has 1 aromatic carbocycles. The molecule has 0 unspecified atom stereocenters. The highest BCUT2D eigenvalue weighted by atomic mass is 19.1. The maximum Gasteiger partial charge on any atom is 0.251 e. The topological polar surface area (TPSA) is 53.1 Å². The summed E-state index contributed by atoms with van der Waals surface area (Å²) in [5.74, 6) is -0.753. The molecule has 0 aliphatic rings. The molecule has 4 heteroatoms. The van der Waals surface area contributed by atoms with Crippen molar-refractivity contribution in [3.05, 3.63) is 40.4 Å². The summed E-state index contributed by atoms with van der Waals surface area (Å²) in [6.45, 7) is 0. The van der Waals surface area contributed by atoms with Crippen molar-refractivity contribution in [2.75, 3.05) is 0 Å². The number of hydrogen-bond donors (Lipinski definition) is 2. The van der Waals surface area contributed by atoms with Crippen molar-refractivity contribution in [2.24, 2.45) is 0 Å². The summed E-state index contributed by atoms with van der Waals surface area (Å²) in [6, 6.07) is 5.15. The Morgan fingerprint density at radius 3 is 2.85 bits per heavy atom. The minimum absolute atomic E-state index is 0.304. The van der Waals surface area contributed by atoms with E-state index in [1.165, 1.54) is 24.3 Å². The summed E-state index contributed by atoms with van der Waals surface area (Å²) in [6.07, 6.45) is 0. The number of aromatic amines is 1. The average Bonchev–Trinajstić information content (AvgIpc) is 2.06. The fourth-order valence-corrected chi connectivity index (χ4v) is 1.22. The molecule has 0 saturated heterocycles. The van der Waals surface area contributed by atoms with Crippen LogP contribution in [0.5, 0.6) is 5.88 Å². The van der Waals surface area contributed by atoms with Gasteiger partial charge in [-0.15, -0.1) is 0 Å². The van der Waals surface area contributed by atoms with Gasteiger partial charge in [0.1, 0.15) is 5.82 Å². The molecule has 2 aromatic rings. The molecule has 1 aromatic heterocycles. The normalized spacial score (nSPS) is 10.5. The second-order valence-corrected chi connectivity index (χ2v) is 2.71. The number of nitrogens with one attached hydrogen (secondary N) is 1. The molecule has 0 spiro atoms. The van der Waals surface area contributed by atoms with Crippen LogP contribution >= 0.6 is 0 Å². The molecule has 2 N–H and O–H groups in total. The van der Waals surface area contributed by atoms with Crippen molar-refractivity contribution in [2.45, 2.75) is 0 Å². The molecule has 0 aliphatic carbocycles. The minimum atomic E-state index is -0.449. The number of fused-ring (bicyclic) bond motifs is 1. The molecule has 0 radical (unpaired) electrons. The predicted molar refractivity (Wildman–Crippen MR) is 46.2 cm³/mol. The van der Waals surface area contributed by atoms with Gasteiger partial charge in [0.15, 0.2) is 5.88 Å². The molecule has 0 atom stereocenters. The van der Waals surface area contributed by atoms with Gasteiger partial charge in [0.2, 0.25) is 0 Å². The van der Waals surface area contributed by atoms with Crippen molar-refractivity contribution >= 4 is 10.8 Å². The minimum Gasteiger partial charge on any atom is -0.494 e. The van der Waals surface area contributed by atoms with E-state index in [4.69, 9.17) is 0 Å². The summed E-state index contributed by atoms with van der Waals surface area (Å²) in [7, 11) is 0. The number of H-pyrrole nitrogens is 1. The molecule has 0 amide bonds. The Labute approximate surface area is 72.5 Å². The Bertz CT molecular complexity index is 518. The number of benzene rings is 1. The summed E-state index contributed by atoms with van der Waals surface area (Å²) in [5.41, 5.74) is -0.406. The van der Waals surface area contributed by atoms with Gasteiger partial charge in [-0.2, -0.15) is 0 Å². The van der Waals surface area contributed by atoms with E-state index in [-0.39, 0.29) is 5.88 Å². The molecule has 0 aliphatic heterocycles. The van der Waals surface area contributed by atoms with Crippen LogP contribution in [0.4, 0.5) is 4.39 Å². The highest BCUT2D eigenvalue weighted by Gasteiger charge is 2.02. The quantitative estimate of drug-likeness (QED) is 0.641. The van der Waals surface area contributed by atoms with E-state index >= 15 is 0 Å². The lowest BCUT2D eigenvalue weighted by Crippen LogP contribution is -2.02. The van der Waals surface area contributed by atoms with E-state index in [0.29, 0.717) is 10.8 Å². The zero-order valence-electron chi connectivity index (χ0n) is 6.54. The van der Waals surface area contributed by atoms with E-state index in [9.17, 15) is 14.3 Å². The average molecular weight is 179 g/mol. The van der Waals surface area contributed by atoms with E-state index in [1.54, 1.807) is 0 Å². The molecular formula is C9H6FNO2. The molecular weight excluding hydrogens is 173 g/mol. The first-order valence-corrected chi connectivity index (χ1v) is 3.68. The van der Waals surface area contributed by atoms with Crippen LogP contribution in [0.2, 0.25) is 0 Å². The van der Waals surface area contributed by atoms with Gasteiger partial charge in [0.25, 0.3) is 5.56 Å². The number of pyridine rings is 1. The van der Waals surface area contributed by atoms with Crippen molar-refractivity contribution in [1.29, 1.82) is 0 Å². The molecule has 0 bridgehead atoms. The molecule has 0 fully saturated rings. The second kappa shape index (κ2) is 2.58. The lowest BCUT2D eigenvalue weighted by molar-refractivity contribution is 0.458. The number of hydrogen-bond acceptors (Lipinski definition) is 2. The van der Waals surface area contributed by atoms with Crippen LogP contribution in [0.15, 0.2) is 29.1 Å². The largest absolute Gasteiger partial charge is 0.494 e. The fourth-order valence-electron chi connectivity index (χ4n) is 1.22. The predicted octanol–water partition coefficient (Wildman–Crippen LogP) is 1.37. The van der Waals surface area contributed by atoms with E-state index in [1.807, 2.05) is 0 Å². The Kier molecular flexibility index (Phi) is 1.55. The van der Waals surface area contributed by atoms with Gasteiger partial charge < -0.3 is 5.11 Å². The zero-order valence-corrected chi connectivity index (χ0v) is 6.54. The van der Waals surface area contributed by atoms with Gasteiger partial charge in [-0.3, -0.25) is 9.78 Å². The molecule has 13 heavy (non-hydrogen) atoms. The van der Waals surface area contributed by atoms with Crippen LogP contribution in [-0.4, -0.2) is 10.1 Å². The van der Waals surface area contributed by atoms with Gasteiger partial charge in [-0.05, 0) is 17.5 Å². The standard InChI is InChI=1S/C9H6FNO2/c10-6-2-1-5-3-8(12)11-9(13)7(5)4-6/h1-4H,(H2,11,12,13). The van der Waals surface area contributed by atoms with Crippen LogP contribution in [0, 0.1) is 5.82 Å². The number of halogens is 1. The maximum atomic E-state index is 12.7. The van der Waals surface area contributed by atoms with E-state index in [2.05, 4.69) is 4.98 Å². The molecule has 3 nitrogen and oxygen atoms in total. The van der Waals surface area contributed by atoms with Crippen LogP contribution < -0.4 is 5.56 Å². The van der Waals surface area contributed by atoms with Gasteiger partial charge in [0, 0.05) is 11.5 Å². The lowest BCUT2D eigenvalue weighted by Gasteiger charge is -1.99. The Morgan fingerprint density at radius 1 is 1.31 bits per heavy atom. The molecule has 66 valence electrons. The monoisotopic (exact) mass is 179 g/mol. The van der Waals surface area contributed by atoms with Gasteiger partial charge in [-0.1, -0.05) is 6.07 Å². The van der Waals surface area contributed by atoms with Crippen molar-refractivity contribution < 1.29 is 9.50 Å². The Hall–Kier alpha value is -1.84. The number of aromatic nitrogens is 1. The van der Waals surface area contributed by atoms with Gasteiger partial charge in [0.05, 0.1) is 0 Å². The molecule has 2 rings (SSSR count). The maximum absolute atomic E-state index is 12.7. The summed E-state index contributed by atoms with van der Waals surface area (Å²) >= 11 is 0. The van der Waals surface area contributed by atoms with E-state index in [0.717, 1.165) is 0 Å². The summed E-state index contributed by atoms with van der Waals surface area (Å²) in [4.78, 5) is 13.1. The van der Waals surface area contributed by atoms with Crippen LogP contribution in [0.1, 0.15) is 0 Å².